The van der Waals surface area contributed by atoms with Crippen LogP contribution in [0.4, 0.5) is 5.69 Å². The number of carbonyl (C=O) groups excluding carboxylic acids is 2. The maximum absolute atomic E-state index is 13.3. The van der Waals surface area contributed by atoms with Gasteiger partial charge in [0, 0.05) is 12.1 Å². The van der Waals surface area contributed by atoms with Crippen molar-refractivity contribution in [3.8, 4) is 5.75 Å². The summed E-state index contributed by atoms with van der Waals surface area (Å²) >= 11 is 0. The van der Waals surface area contributed by atoms with Crippen LogP contribution in [0.15, 0.2) is 53.4 Å². The molecular weight excluding hydrogens is 380 g/mol. The lowest BCUT2D eigenvalue weighted by molar-refractivity contribution is -0.127. The number of nitrogens with one attached hydrogen (secondary N) is 1. The number of hydrogen-bond acceptors (Lipinski definition) is 5. The summed E-state index contributed by atoms with van der Waals surface area (Å²) in [6.45, 7) is 3.63. The quantitative estimate of drug-likeness (QED) is 0.749. The summed E-state index contributed by atoms with van der Waals surface area (Å²) in [5.41, 5.74) is 0.662. The average Bonchev–Trinajstić information content (AvgIpc) is 2.71. The molecule has 2 aromatic carbocycles. The van der Waals surface area contributed by atoms with Gasteiger partial charge in [-0.3, -0.25) is 13.9 Å². The fourth-order valence-electron chi connectivity index (χ4n) is 2.93. The van der Waals surface area contributed by atoms with E-state index in [4.69, 9.17) is 4.74 Å². The first-order valence-electron chi connectivity index (χ1n) is 9.01. The molecule has 2 aromatic rings. The maximum Gasteiger partial charge on any atom is 0.264 e. The number of hydrogen-bond donors (Lipinski definition) is 1. The van der Waals surface area contributed by atoms with E-state index in [2.05, 4.69) is 5.32 Å². The van der Waals surface area contributed by atoms with Crippen molar-refractivity contribution in [2.45, 2.75) is 31.3 Å². The van der Waals surface area contributed by atoms with E-state index in [9.17, 15) is 18.0 Å². The Kier molecular flexibility index (Phi) is 5.69. The predicted octanol–water partition coefficient (Wildman–Crippen LogP) is 2.37. The minimum absolute atomic E-state index is 0.00961. The summed E-state index contributed by atoms with van der Waals surface area (Å²) in [5.74, 6) is -0.276. The van der Waals surface area contributed by atoms with E-state index in [1.165, 1.54) is 29.4 Å². The van der Waals surface area contributed by atoms with Crippen LogP contribution in [0.3, 0.4) is 0 Å². The number of ether oxygens (including phenoxy) is 1. The molecule has 148 valence electrons. The molecule has 8 heteroatoms. The molecule has 7 nitrogen and oxygen atoms in total. The Morgan fingerprint density at radius 1 is 1.18 bits per heavy atom. The third-order valence-electron chi connectivity index (χ3n) is 4.41. The van der Waals surface area contributed by atoms with Crippen LogP contribution in [-0.2, 0) is 14.8 Å². The average molecular weight is 402 g/mol. The van der Waals surface area contributed by atoms with Crippen LogP contribution in [0.25, 0.3) is 0 Å². The Hall–Kier alpha value is -2.87. The zero-order chi connectivity index (χ0) is 20.3. The van der Waals surface area contributed by atoms with Gasteiger partial charge in [0.1, 0.15) is 5.75 Å². The lowest BCUT2D eigenvalue weighted by Crippen LogP contribution is -2.50. The molecule has 0 spiro atoms. The molecule has 1 N–H and O–H groups in total. The topological polar surface area (TPSA) is 92.8 Å². The summed E-state index contributed by atoms with van der Waals surface area (Å²) in [5, 5.41) is 2.74. The van der Waals surface area contributed by atoms with E-state index >= 15 is 0 Å². The highest BCUT2D eigenvalue weighted by atomic mass is 32.2. The molecule has 1 aliphatic rings. The third kappa shape index (κ3) is 3.87. The van der Waals surface area contributed by atoms with Gasteiger partial charge in [-0.15, -0.1) is 0 Å². The second kappa shape index (κ2) is 8.02. The van der Waals surface area contributed by atoms with E-state index in [1.54, 1.807) is 30.3 Å². The molecule has 0 saturated heterocycles. The molecular formula is C20H22N2O5S. The Morgan fingerprint density at radius 3 is 2.64 bits per heavy atom. The lowest BCUT2D eigenvalue weighted by Gasteiger charge is -2.34. The molecule has 1 heterocycles. The summed E-state index contributed by atoms with van der Waals surface area (Å²) in [7, 11) is -4.00. The molecule has 0 bridgehead atoms. The van der Waals surface area contributed by atoms with Gasteiger partial charge in [0.25, 0.3) is 15.9 Å². The van der Waals surface area contributed by atoms with Crippen LogP contribution in [0, 0.1) is 0 Å². The zero-order valence-electron chi connectivity index (χ0n) is 15.7. The van der Waals surface area contributed by atoms with E-state index in [0.717, 1.165) is 6.42 Å². The normalized spacial score (nSPS) is 16.1. The first kappa shape index (κ1) is 19.9. The molecule has 0 unspecified atom stereocenters. The van der Waals surface area contributed by atoms with Crippen molar-refractivity contribution in [2.75, 3.05) is 17.4 Å². The first-order valence-corrected chi connectivity index (χ1v) is 10.5. The largest absolute Gasteiger partial charge is 0.476 e. The Bertz CT molecular complexity index is 1000. The van der Waals surface area contributed by atoms with E-state index in [0.29, 0.717) is 23.5 Å². The lowest BCUT2D eigenvalue weighted by atomic mass is 10.2. The summed E-state index contributed by atoms with van der Waals surface area (Å²) < 4.78 is 33.6. The highest BCUT2D eigenvalue weighted by Gasteiger charge is 2.37. The molecule has 1 amide bonds. The Balaban J connectivity index is 2.02. The number of nitrogens with zero attached hydrogens (tertiary/aromatic N) is 1. The SMILES string of the molecule is CCCNC(=O)[C@H]1CN(S(=O)(=O)c2cccc(C(C)=O)c2)c2ccccc2O1. The molecule has 1 aliphatic heterocycles. The van der Waals surface area contributed by atoms with Gasteiger partial charge < -0.3 is 10.1 Å². The van der Waals surface area contributed by atoms with Crippen molar-refractivity contribution in [3.05, 3.63) is 54.1 Å². The summed E-state index contributed by atoms with van der Waals surface area (Å²) in [4.78, 5) is 24.1. The predicted molar refractivity (Wildman–Crippen MR) is 105 cm³/mol. The van der Waals surface area contributed by atoms with Crippen molar-refractivity contribution in [1.29, 1.82) is 0 Å². The number of anilines is 1. The number of fused-ring (bicyclic) bond motifs is 1. The van der Waals surface area contributed by atoms with E-state index in [1.807, 2.05) is 6.92 Å². The number of Topliss-reactive ketones (excluding diaryl/α,β-unsaturated/α-hetero) is 1. The molecule has 0 radical (unpaired) electrons. The molecule has 0 fully saturated rings. The van der Waals surface area contributed by atoms with Crippen molar-refractivity contribution < 1.29 is 22.7 Å². The van der Waals surface area contributed by atoms with Crippen LogP contribution in [0.2, 0.25) is 0 Å². The minimum atomic E-state index is -4.00. The van der Waals surface area contributed by atoms with Gasteiger partial charge in [0.05, 0.1) is 17.1 Å². The molecule has 3 rings (SSSR count). The van der Waals surface area contributed by atoms with Crippen molar-refractivity contribution in [3.63, 3.8) is 0 Å². The van der Waals surface area contributed by atoms with Gasteiger partial charge in [0.2, 0.25) is 0 Å². The smallest absolute Gasteiger partial charge is 0.264 e. The molecule has 0 saturated carbocycles. The summed E-state index contributed by atoms with van der Waals surface area (Å²) in [6.07, 6.45) is -0.207. The highest BCUT2D eigenvalue weighted by Crippen LogP contribution is 2.36. The molecule has 1 atom stereocenters. The zero-order valence-corrected chi connectivity index (χ0v) is 16.5. The van der Waals surface area contributed by atoms with Crippen molar-refractivity contribution in [2.24, 2.45) is 0 Å². The summed E-state index contributed by atoms with van der Waals surface area (Å²) in [6, 6.07) is 12.6. The van der Waals surface area contributed by atoms with Gasteiger partial charge in [0.15, 0.2) is 11.9 Å². The Labute approximate surface area is 164 Å². The van der Waals surface area contributed by atoms with Gasteiger partial charge in [-0.05, 0) is 37.6 Å². The second-order valence-corrected chi connectivity index (χ2v) is 8.35. The maximum atomic E-state index is 13.3. The standard InChI is InChI=1S/C20H22N2O5S/c1-3-11-21-20(24)19-13-22(17-9-4-5-10-18(17)27-19)28(25,26)16-8-6-7-15(12-16)14(2)23/h4-10,12,19H,3,11,13H2,1-2H3,(H,21,24)/t19-/m1/s1. The van der Waals surface area contributed by atoms with Gasteiger partial charge in [-0.1, -0.05) is 31.2 Å². The van der Waals surface area contributed by atoms with Gasteiger partial charge in [-0.25, -0.2) is 8.42 Å². The van der Waals surface area contributed by atoms with Gasteiger partial charge >= 0.3 is 0 Å². The number of ketones is 1. The molecule has 0 aliphatic carbocycles. The first-order chi connectivity index (χ1) is 13.3. The van der Waals surface area contributed by atoms with Crippen molar-refractivity contribution >= 4 is 27.4 Å². The Morgan fingerprint density at radius 2 is 1.93 bits per heavy atom. The number of carbonyl (C=O) groups is 2. The van der Waals surface area contributed by atoms with Gasteiger partial charge in [-0.2, -0.15) is 0 Å². The van der Waals surface area contributed by atoms with Crippen LogP contribution in [-0.4, -0.2) is 39.3 Å². The third-order valence-corrected chi connectivity index (χ3v) is 6.18. The second-order valence-electron chi connectivity index (χ2n) is 6.49. The molecule has 28 heavy (non-hydrogen) atoms. The van der Waals surface area contributed by atoms with Crippen LogP contribution in [0.5, 0.6) is 5.75 Å². The number of rotatable bonds is 6. The molecule has 0 aromatic heterocycles. The van der Waals surface area contributed by atoms with Crippen molar-refractivity contribution in [1.82, 2.24) is 5.32 Å². The number of benzene rings is 2. The van der Waals surface area contributed by atoms with Crippen LogP contribution < -0.4 is 14.4 Å². The van der Waals surface area contributed by atoms with Crippen LogP contribution in [0.1, 0.15) is 30.6 Å². The van der Waals surface area contributed by atoms with Crippen LogP contribution >= 0.6 is 0 Å². The highest BCUT2D eigenvalue weighted by molar-refractivity contribution is 7.92. The number of amides is 1. The minimum Gasteiger partial charge on any atom is -0.476 e. The van der Waals surface area contributed by atoms with E-state index < -0.39 is 16.1 Å². The number of sulfonamides is 1. The fraction of sp³-hybridized carbons (Fsp3) is 0.300. The number of para-hydroxylation sites is 2. The monoisotopic (exact) mass is 402 g/mol. The van der Waals surface area contributed by atoms with E-state index in [-0.39, 0.29) is 23.1 Å². The fourth-order valence-corrected chi connectivity index (χ4v) is 4.45.